The van der Waals surface area contributed by atoms with Crippen molar-refractivity contribution in [2.45, 2.75) is 51.6 Å². The van der Waals surface area contributed by atoms with Gasteiger partial charge in [-0.15, -0.1) is 21.6 Å². The Morgan fingerprint density at radius 3 is 1.24 bits per heavy atom. The van der Waals surface area contributed by atoms with Crippen molar-refractivity contribution in [3.8, 4) is 11.5 Å². The Kier molecular flexibility index (Phi) is 16.5. The first kappa shape index (κ1) is 26.5. The summed E-state index contributed by atoms with van der Waals surface area (Å²) in [5.41, 5.74) is 3.29. The maximum absolute atomic E-state index is 8.76. The fraction of sp³-hybridized carbons (Fsp3) is 0.400. The van der Waals surface area contributed by atoms with Gasteiger partial charge in [0.05, 0.1) is 0 Å². The third kappa shape index (κ3) is 14.2. The number of phenols is 2. The quantitative estimate of drug-likeness (QED) is 0.512. The number of rotatable bonds is 0. The topological polar surface area (TPSA) is 40.5 Å². The Morgan fingerprint density at radius 2 is 1.04 bits per heavy atom. The molecule has 2 aromatic carbocycles. The van der Waals surface area contributed by atoms with Crippen molar-refractivity contribution in [1.82, 2.24) is 0 Å². The molecule has 1 atom stereocenters. The molecule has 25 heavy (non-hydrogen) atoms. The largest absolute Gasteiger partial charge is 0.508 e. The zero-order chi connectivity index (χ0) is 17.1. The van der Waals surface area contributed by atoms with E-state index in [-0.39, 0.29) is 29.8 Å². The van der Waals surface area contributed by atoms with Gasteiger partial charge >= 0.3 is 0 Å². The molecule has 0 radical (unpaired) electrons. The van der Waals surface area contributed by atoms with E-state index in [4.69, 9.17) is 10.2 Å². The monoisotopic (exact) mass is 420 g/mol. The van der Waals surface area contributed by atoms with E-state index in [2.05, 4.69) is 9.24 Å². The minimum Gasteiger partial charge on any atom is -0.508 e. The first-order valence-electron chi connectivity index (χ1n) is 8.24. The van der Waals surface area contributed by atoms with Gasteiger partial charge in [-0.2, -0.15) is 0 Å². The molecule has 1 saturated carbocycles. The van der Waals surface area contributed by atoms with E-state index in [0.29, 0.717) is 11.5 Å². The van der Waals surface area contributed by atoms with E-state index in [1.54, 1.807) is 24.3 Å². The average Bonchev–Trinajstić information content (AvgIpc) is 2.55. The van der Waals surface area contributed by atoms with Gasteiger partial charge in [0.15, 0.2) is 0 Å². The molecule has 2 nitrogen and oxygen atoms in total. The van der Waals surface area contributed by atoms with Crippen molar-refractivity contribution in [2.75, 3.05) is 0 Å². The third-order valence-electron chi connectivity index (χ3n) is 3.72. The molecule has 0 bridgehead atoms. The van der Waals surface area contributed by atoms with Crippen LogP contribution in [0.15, 0.2) is 48.5 Å². The van der Waals surface area contributed by atoms with Gasteiger partial charge in [0, 0.05) is 17.4 Å². The predicted molar refractivity (Wildman–Crippen MR) is 110 cm³/mol. The molecule has 2 N–H and O–H groups in total. The second kappa shape index (κ2) is 15.5. The second-order valence-electron chi connectivity index (χ2n) is 6.07. The molecule has 0 aromatic heterocycles. The van der Waals surface area contributed by atoms with E-state index in [9.17, 15) is 0 Å². The van der Waals surface area contributed by atoms with E-state index >= 15 is 0 Å². The van der Waals surface area contributed by atoms with E-state index < -0.39 is 0 Å². The van der Waals surface area contributed by atoms with Gasteiger partial charge in [-0.05, 0) is 56.6 Å². The molecular weight excluding hydrogens is 391 g/mol. The van der Waals surface area contributed by atoms with Crippen molar-refractivity contribution in [3.05, 3.63) is 59.7 Å². The summed E-state index contributed by atoms with van der Waals surface area (Å²) in [6, 6.07) is 14.2. The van der Waals surface area contributed by atoms with E-state index in [1.807, 2.05) is 38.1 Å². The minimum atomic E-state index is 0. The van der Waals surface area contributed by atoms with E-state index in [0.717, 1.165) is 5.66 Å². The maximum atomic E-state index is 8.76. The molecule has 1 fully saturated rings. The van der Waals surface area contributed by atoms with Crippen LogP contribution in [0.5, 0.6) is 11.5 Å². The summed E-state index contributed by atoms with van der Waals surface area (Å²) in [4.78, 5) is 0. The zero-order valence-corrected chi connectivity index (χ0v) is 18.3. The van der Waals surface area contributed by atoms with Gasteiger partial charge in [0.25, 0.3) is 0 Å². The fourth-order valence-corrected chi connectivity index (χ4v) is 2.70. The maximum Gasteiger partial charge on any atom is 0.115 e. The Balaban J connectivity index is 0. The summed E-state index contributed by atoms with van der Waals surface area (Å²) in [5, 5.41) is 17.5. The third-order valence-corrected chi connectivity index (χ3v) is 4.38. The van der Waals surface area contributed by atoms with Crippen LogP contribution >= 0.6 is 21.6 Å². The summed E-state index contributed by atoms with van der Waals surface area (Å²) in [6.45, 7) is 3.97. The summed E-state index contributed by atoms with van der Waals surface area (Å²) >= 11 is 0. The molecule has 2 aromatic rings. The number of benzene rings is 2. The van der Waals surface area contributed by atoms with Crippen molar-refractivity contribution >= 4 is 21.6 Å². The number of halogens is 1. The zero-order valence-electron chi connectivity index (χ0n) is 15.0. The van der Waals surface area contributed by atoms with Gasteiger partial charge in [0.2, 0.25) is 0 Å². The number of aryl methyl sites for hydroxylation is 2. The number of hydrogen-bond acceptors (Lipinski definition) is 2. The van der Waals surface area contributed by atoms with Gasteiger partial charge in [-0.1, -0.05) is 54.7 Å². The van der Waals surface area contributed by atoms with Gasteiger partial charge in [-0.25, -0.2) is 0 Å². The summed E-state index contributed by atoms with van der Waals surface area (Å²) in [7, 11) is 2.91. The van der Waals surface area contributed by atoms with Crippen LogP contribution in [0.1, 0.15) is 43.2 Å². The molecule has 0 spiro atoms. The number of aromatic hydroxyl groups is 2. The second-order valence-corrected chi connectivity index (χ2v) is 7.01. The SMILES string of the molecule is Cc1ccc(O)cc1.Cc1ccc(O)cc1.Cl.PC1CCCCC1.[Cr]. The normalized spacial score (nSPS) is 12.9. The van der Waals surface area contributed by atoms with Crippen LogP contribution in [0.25, 0.3) is 0 Å². The van der Waals surface area contributed by atoms with Crippen molar-refractivity contribution in [1.29, 1.82) is 0 Å². The summed E-state index contributed by atoms with van der Waals surface area (Å²) in [6.07, 6.45) is 7.31. The Labute approximate surface area is 171 Å². The molecule has 0 saturated heterocycles. The Hall–Kier alpha value is -0.708. The van der Waals surface area contributed by atoms with Crippen LogP contribution < -0.4 is 0 Å². The standard InChI is InChI=1S/2C7H8O.C6H13P.ClH.Cr/c2*1-6-2-4-7(8)5-3-6;7-6-4-2-1-3-5-6;;/h2*2-5,8H,1H3;6H,1-5,7H2;1H;. The van der Waals surface area contributed by atoms with Gasteiger partial charge in [-0.3, -0.25) is 0 Å². The van der Waals surface area contributed by atoms with Crippen LogP contribution in [0.3, 0.4) is 0 Å². The molecule has 1 unspecified atom stereocenters. The Bertz CT molecular complexity index is 455. The van der Waals surface area contributed by atoms with Crippen LogP contribution in [0, 0.1) is 13.8 Å². The first-order chi connectivity index (χ1) is 11.0. The minimum absolute atomic E-state index is 0. The van der Waals surface area contributed by atoms with Crippen LogP contribution in [0.4, 0.5) is 0 Å². The average molecular weight is 421 g/mol. The predicted octanol–water partition coefficient (Wildman–Crippen LogP) is 6.01. The van der Waals surface area contributed by atoms with Crippen LogP contribution in [0.2, 0.25) is 0 Å². The summed E-state index contributed by atoms with van der Waals surface area (Å²) in [5.74, 6) is 0.659. The smallest absolute Gasteiger partial charge is 0.115 e. The first-order valence-corrected chi connectivity index (χ1v) is 8.91. The van der Waals surface area contributed by atoms with Crippen molar-refractivity contribution in [3.63, 3.8) is 0 Å². The molecule has 0 amide bonds. The molecule has 1 aliphatic rings. The summed E-state index contributed by atoms with van der Waals surface area (Å²) < 4.78 is 0. The van der Waals surface area contributed by atoms with Crippen molar-refractivity contribution in [2.24, 2.45) is 0 Å². The van der Waals surface area contributed by atoms with Gasteiger partial charge in [0.1, 0.15) is 11.5 Å². The van der Waals surface area contributed by atoms with Crippen molar-refractivity contribution < 1.29 is 27.6 Å². The van der Waals surface area contributed by atoms with E-state index in [1.165, 1.54) is 43.2 Å². The number of hydrogen-bond donors (Lipinski definition) is 2. The Morgan fingerprint density at radius 1 is 0.720 bits per heavy atom. The molecule has 0 heterocycles. The van der Waals surface area contributed by atoms with Crippen LogP contribution in [-0.2, 0) is 17.4 Å². The molecule has 1 aliphatic carbocycles. The molecular formula is C20H30ClCrO2P. The van der Waals surface area contributed by atoms with Crippen LogP contribution in [-0.4, -0.2) is 15.9 Å². The molecule has 3 rings (SSSR count). The number of phenolic OH excluding ortho intramolecular Hbond substituents is 2. The molecule has 140 valence electrons. The fourth-order valence-electron chi connectivity index (χ4n) is 2.22. The van der Waals surface area contributed by atoms with Gasteiger partial charge < -0.3 is 10.2 Å². The molecule has 0 aliphatic heterocycles. The molecule has 5 heteroatoms.